The Morgan fingerprint density at radius 2 is 1.93 bits per heavy atom. The summed E-state index contributed by atoms with van der Waals surface area (Å²) in [4.78, 5) is 14.3. The Labute approximate surface area is 101 Å². The molecule has 3 heteroatoms. The highest BCUT2D eigenvalue weighted by atomic mass is 79.9. The molecule has 2 rings (SSSR count). The minimum atomic E-state index is 0.0837. The molecule has 0 radical (unpaired) electrons. The highest BCUT2D eigenvalue weighted by Crippen LogP contribution is 2.31. The largest absolute Gasteiger partial charge is 0.338 e. The van der Waals surface area contributed by atoms with Crippen LogP contribution in [0.15, 0.2) is 0 Å². The maximum Gasteiger partial charge on any atom is 0.236 e. The quantitative estimate of drug-likeness (QED) is 0.673. The normalized spacial score (nSPS) is 38.1. The first-order chi connectivity index (χ1) is 7.20. The Morgan fingerprint density at radius 1 is 1.20 bits per heavy atom. The minimum absolute atomic E-state index is 0.0837. The van der Waals surface area contributed by atoms with Gasteiger partial charge in [-0.15, -0.1) is 0 Å². The van der Waals surface area contributed by atoms with Crippen LogP contribution in [-0.2, 0) is 4.79 Å². The molecule has 1 saturated carbocycles. The zero-order chi connectivity index (χ0) is 10.8. The molecule has 2 nitrogen and oxygen atoms in total. The smallest absolute Gasteiger partial charge is 0.236 e. The second-order valence-electron chi connectivity index (χ2n) is 4.97. The number of rotatable bonds is 1. The summed E-state index contributed by atoms with van der Waals surface area (Å²) in [5.41, 5.74) is 0. The van der Waals surface area contributed by atoms with E-state index in [2.05, 4.69) is 27.8 Å². The molecule has 2 fully saturated rings. The fourth-order valence-corrected chi connectivity index (χ4v) is 3.53. The maximum atomic E-state index is 12.0. The molecule has 1 heterocycles. The first-order valence-corrected chi connectivity index (χ1v) is 7.06. The zero-order valence-electron chi connectivity index (χ0n) is 9.42. The van der Waals surface area contributed by atoms with E-state index in [-0.39, 0.29) is 4.83 Å². The molecule has 0 spiro atoms. The van der Waals surface area contributed by atoms with Gasteiger partial charge in [0.2, 0.25) is 5.91 Å². The highest BCUT2D eigenvalue weighted by Gasteiger charge is 2.35. The summed E-state index contributed by atoms with van der Waals surface area (Å²) in [5, 5.41) is 0. The number of halogens is 1. The topological polar surface area (TPSA) is 20.3 Å². The predicted octanol–water partition coefficient (Wildman–Crippen LogP) is 2.95. The van der Waals surface area contributed by atoms with Crippen molar-refractivity contribution >= 4 is 21.8 Å². The molecule has 0 aromatic rings. The first kappa shape index (κ1) is 11.4. The summed E-state index contributed by atoms with van der Waals surface area (Å²) in [6, 6.07) is 0.520. The van der Waals surface area contributed by atoms with Crippen LogP contribution in [0.25, 0.3) is 0 Å². The molecule has 0 aromatic carbocycles. The molecule has 3 unspecified atom stereocenters. The molecule has 0 N–H and O–H groups in total. The number of piperidine rings is 1. The van der Waals surface area contributed by atoms with Crippen LogP contribution in [0, 0.1) is 5.92 Å². The van der Waals surface area contributed by atoms with E-state index in [1.54, 1.807) is 0 Å². The van der Waals surface area contributed by atoms with Gasteiger partial charge in [-0.3, -0.25) is 4.79 Å². The third-order valence-electron chi connectivity index (χ3n) is 3.87. The minimum Gasteiger partial charge on any atom is -0.338 e. The van der Waals surface area contributed by atoms with E-state index in [1.807, 2.05) is 0 Å². The monoisotopic (exact) mass is 273 g/mol. The van der Waals surface area contributed by atoms with Gasteiger partial charge in [0.25, 0.3) is 0 Å². The number of amides is 1. The lowest BCUT2D eigenvalue weighted by molar-refractivity contribution is -0.136. The third-order valence-corrected chi connectivity index (χ3v) is 4.72. The van der Waals surface area contributed by atoms with Crippen molar-refractivity contribution < 1.29 is 4.79 Å². The first-order valence-electron chi connectivity index (χ1n) is 6.14. The van der Waals surface area contributed by atoms with Crippen molar-refractivity contribution in [2.75, 3.05) is 6.54 Å². The second-order valence-corrected chi connectivity index (χ2v) is 6.08. The Morgan fingerprint density at radius 3 is 2.67 bits per heavy atom. The van der Waals surface area contributed by atoms with Crippen LogP contribution in [0.2, 0.25) is 0 Å². The molecule has 1 saturated heterocycles. The average Bonchev–Trinajstić information content (AvgIpc) is 2.23. The van der Waals surface area contributed by atoms with Gasteiger partial charge < -0.3 is 4.90 Å². The van der Waals surface area contributed by atoms with Gasteiger partial charge in [0.1, 0.15) is 0 Å². The summed E-state index contributed by atoms with van der Waals surface area (Å²) >= 11 is 3.49. The molecule has 86 valence electrons. The number of hydrogen-bond donors (Lipinski definition) is 0. The van der Waals surface area contributed by atoms with Crippen molar-refractivity contribution in [2.45, 2.75) is 56.3 Å². The third kappa shape index (κ3) is 2.38. The van der Waals surface area contributed by atoms with Crippen LogP contribution >= 0.6 is 15.9 Å². The molecular formula is C12H20BrNO. The van der Waals surface area contributed by atoms with Gasteiger partial charge >= 0.3 is 0 Å². The summed E-state index contributed by atoms with van der Waals surface area (Å²) in [5.74, 6) is 1.03. The van der Waals surface area contributed by atoms with Crippen LogP contribution in [0.4, 0.5) is 0 Å². The van der Waals surface area contributed by atoms with E-state index in [0.29, 0.717) is 17.9 Å². The number of likely N-dealkylation sites (tertiary alicyclic amines) is 1. The van der Waals surface area contributed by atoms with Crippen molar-refractivity contribution in [1.29, 1.82) is 0 Å². The predicted molar refractivity (Wildman–Crippen MR) is 65.1 cm³/mol. The number of nitrogens with zero attached hydrogens (tertiary/aromatic N) is 1. The summed E-state index contributed by atoms with van der Waals surface area (Å²) in [7, 11) is 0. The highest BCUT2D eigenvalue weighted by molar-refractivity contribution is 9.10. The molecule has 15 heavy (non-hydrogen) atoms. The Balaban J connectivity index is 2.04. The van der Waals surface area contributed by atoms with Gasteiger partial charge in [-0.1, -0.05) is 35.7 Å². The molecule has 0 bridgehead atoms. The summed E-state index contributed by atoms with van der Waals surface area (Å²) < 4.78 is 0. The van der Waals surface area contributed by atoms with Crippen LogP contribution in [-0.4, -0.2) is 28.2 Å². The maximum absolute atomic E-state index is 12.0. The standard InChI is InChI=1S/C12H20BrNO/c1-9-5-2-3-7-11(9)14-8-4-6-10(13)12(14)15/h9-11H,2-8H2,1H3. The van der Waals surface area contributed by atoms with Crippen LogP contribution in [0.3, 0.4) is 0 Å². The van der Waals surface area contributed by atoms with Gasteiger partial charge in [-0.05, 0) is 31.6 Å². The van der Waals surface area contributed by atoms with E-state index in [1.165, 1.54) is 25.7 Å². The van der Waals surface area contributed by atoms with Gasteiger partial charge in [0.15, 0.2) is 0 Å². The van der Waals surface area contributed by atoms with Crippen molar-refractivity contribution in [2.24, 2.45) is 5.92 Å². The van der Waals surface area contributed by atoms with Crippen LogP contribution < -0.4 is 0 Å². The van der Waals surface area contributed by atoms with E-state index in [4.69, 9.17) is 0 Å². The molecule has 0 aromatic heterocycles. The lowest BCUT2D eigenvalue weighted by atomic mass is 9.84. The van der Waals surface area contributed by atoms with Crippen molar-refractivity contribution in [1.82, 2.24) is 4.90 Å². The number of hydrogen-bond acceptors (Lipinski definition) is 1. The lowest BCUT2D eigenvalue weighted by Gasteiger charge is -2.41. The molecule has 1 amide bonds. The van der Waals surface area contributed by atoms with E-state index in [9.17, 15) is 4.79 Å². The number of carbonyl (C=O) groups is 1. The molecular weight excluding hydrogens is 254 g/mol. The van der Waals surface area contributed by atoms with Gasteiger partial charge in [-0.2, -0.15) is 0 Å². The van der Waals surface area contributed by atoms with Crippen LogP contribution in [0.5, 0.6) is 0 Å². The van der Waals surface area contributed by atoms with Crippen molar-refractivity contribution in [3.63, 3.8) is 0 Å². The Kier molecular flexibility index (Phi) is 3.70. The average molecular weight is 274 g/mol. The lowest BCUT2D eigenvalue weighted by Crippen LogP contribution is -2.50. The molecule has 1 aliphatic carbocycles. The molecule has 2 aliphatic rings. The Bertz CT molecular complexity index is 244. The SMILES string of the molecule is CC1CCCCC1N1CCCC(Br)C1=O. The van der Waals surface area contributed by atoms with Crippen molar-refractivity contribution in [3.8, 4) is 0 Å². The molecule has 3 atom stereocenters. The van der Waals surface area contributed by atoms with Crippen LogP contribution in [0.1, 0.15) is 45.4 Å². The fraction of sp³-hybridized carbons (Fsp3) is 0.917. The number of carbonyl (C=O) groups excluding carboxylic acids is 1. The van der Waals surface area contributed by atoms with E-state index in [0.717, 1.165) is 19.4 Å². The van der Waals surface area contributed by atoms with Gasteiger partial charge in [0, 0.05) is 12.6 Å². The van der Waals surface area contributed by atoms with Gasteiger partial charge in [0.05, 0.1) is 4.83 Å². The second kappa shape index (κ2) is 4.86. The van der Waals surface area contributed by atoms with Crippen molar-refractivity contribution in [3.05, 3.63) is 0 Å². The fourth-order valence-electron chi connectivity index (χ4n) is 2.94. The zero-order valence-corrected chi connectivity index (χ0v) is 11.0. The Hall–Kier alpha value is -0.0500. The summed E-state index contributed by atoms with van der Waals surface area (Å²) in [6.45, 7) is 3.28. The van der Waals surface area contributed by atoms with Gasteiger partial charge in [-0.25, -0.2) is 0 Å². The summed E-state index contributed by atoms with van der Waals surface area (Å²) in [6.07, 6.45) is 7.32. The van der Waals surface area contributed by atoms with E-state index < -0.39 is 0 Å². The van der Waals surface area contributed by atoms with E-state index >= 15 is 0 Å². The molecule has 1 aliphatic heterocycles. The number of alkyl halides is 1.